The van der Waals surface area contributed by atoms with Crippen LogP contribution in [-0.2, 0) is 28.8 Å². The third-order valence-corrected chi connectivity index (χ3v) is 3.49. The summed E-state index contributed by atoms with van der Waals surface area (Å²) >= 11 is 0. The van der Waals surface area contributed by atoms with Crippen LogP contribution in [0.4, 0.5) is 0 Å². The van der Waals surface area contributed by atoms with Gasteiger partial charge in [-0.15, -0.1) is 13.2 Å². The molecule has 0 aromatic heterocycles. The van der Waals surface area contributed by atoms with E-state index in [0.717, 1.165) is 67.0 Å². The number of allylic oxidation sites excluding steroid dienone is 1. The number of hydrogen-bond acceptors (Lipinski definition) is 14. The third-order valence-electron chi connectivity index (χ3n) is 3.49. The van der Waals surface area contributed by atoms with Crippen LogP contribution in [0.3, 0.4) is 0 Å². The van der Waals surface area contributed by atoms with E-state index in [1.165, 1.54) is 6.08 Å². The first-order chi connectivity index (χ1) is 17.9. The molecule has 3 saturated heterocycles. The SMILES string of the molecule is C=C.CC(=O)O.CC(=O)O.CC(=O)O.CC(=O)O.N.N.O=C1C=C(N2CC2)C(=O)C(N2CC2)=C1N1CC1.OB(O)O. The van der Waals surface area contributed by atoms with Gasteiger partial charge in [-0.25, -0.2) is 0 Å². The van der Waals surface area contributed by atoms with E-state index in [-0.39, 0.29) is 23.9 Å². The van der Waals surface area contributed by atoms with Crippen LogP contribution < -0.4 is 12.3 Å². The van der Waals surface area contributed by atoms with Crippen LogP contribution in [0.2, 0.25) is 0 Å². The summed E-state index contributed by atoms with van der Waals surface area (Å²) < 4.78 is 0. The summed E-state index contributed by atoms with van der Waals surface area (Å²) in [6, 6.07) is 0. The molecule has 0 unspecified atom stereocenters. The molecule has 4 aliphatic rings. The van der Waals surface area contributed by atoms with E-state index in [1.54, 1.807) is 0 Å². The Labute approximate surface area is 237 Å². The molecule has 0 aromatic carbocycles. The fourth-order valence-electron chi connectivity index (χ4n) is 2.28. The lowest BCUT2D eigenvalue weighted by Crippen LogP contribution is -2.29. The Hall–Kier alpha value is -4.30. The van der Waals surface area contributed by atoms with Gasteiger partial charge in [0.25, 0.3) is 23.9 Å². The molecule has 3 aliphatic heterocycles. The Morgan fingerprint density at radius 3 is 1.07 bits per heavy atom. The average molecular weight is 595 g/mol. The lowest BCUT2D eigenvalue weighted by Gasteiger charge is -2.21. The van der Waals surface area contributed by atoms with Crippen molar-refractivity contribution in [3.8, 4) is 0 Å². The van der Waals surface area contributed by atoms with Crippen molar-refractivity contribution < 1.29 is 64.3 Å². The maximum atomic E-state index is 12.4. The molecule has 3 heterocycles. The van der Waals surface area contributed by atoms with Gasteiger partial charge >= 0.3 is 7.32 Å². The number of ketones is 2. The Morgan fingerprint density at radius 1 is 0.634 bits per heavy atom. The number of rotatable bonds is 3. The molecular formula is C22H42BN5O13. The van der Waals surface area contributed by atoms with E-state index in [9.17, 15) is 9.59 Å². The second-order valence-corrected chi connectivity index (χ2v) is 7.30. The van der Waals surface area contributed by atoms with Crippen molar-refractivity contribution in [1.82, 2.24) is 27.0 Å². The molecule has 0 bridgehead atoms. The van der Waals surface area contributed by atoms with Gasteiger partial charge in [0.1, 0.15) is 11.4 Å². The van der Waals surface area contributed by atoms with Gasteiger partial charge in [0.15, 0.2) is 0 Å². The highest BCUT2D eigenvalue weighted by Gasteiger charge is 2.43. The maximum Gasteiger partial charge on any atom is 0.631 e. The van der Waals surface area contributed by atoms with Crippen LogP contribution in [0.1, 0.15) is 27.7 Å². The van der Waals surface area contributed by atoms with E-state index in [2.05, 4.69) is 13.2 Å². The average Bonchev–Trinajstić information content (AvgIpc) is 3.61. The van der Waals surface area contributed by atoms with E-state index >= 15 is 0 Å². The van der Waals surface area contributed by atoms with Crippen molar-refractivity contribution in [1.29, 1.82) is 0 Å². The minimum Gasteiger partial charge on any atom is -0.481 e. The standard InChI is InChI=1S/C12H13N3O2.4C2H4O2.C2H4.BH3O3.2H3N/c16-9-7-8(13-1-2-13)12(17)11(15-5-6-15)10(9)14-3-4-14;4*1-2(3)4;1-2;2-1(3)4;;/h7H,1-6H2;4*1H3,(H,3,4);1-2H2;2-4H;2*1H3. The molecule has 0 atom stereocenters. The van der Waals surface area contributed by atoms with E-state index in [4.69, 9.17) is 54.7 Å². The van der Waals surface area contributed by atoms with Crippen LogP contribution in [0.5, 0.6) is 0 Å². The zero-order valence-electron chi connectivity index (χ0n) is 23.6. The second-order valence-electron chi connectivity index (χ2n) is 7.30. The normalized spacial score (nSPS) is 14.2. The highest BCUT2D eigenvalue weighted by molar-refractivity contribution is 6.30. The minimum absolute atomic E-state index is 0. The van der Waals surface area contributed by atoms with Gasteiger partial charge in [0.2, 0.25) is 11.6 Å². The number of hydrogen-bond donors (Lipinski definition) is 9. The van der Waals surface area contributed by atoms with Crippen molar-refractivity contribution in [2.45, 2.75) is 27.7 Å². The summed E-state index contributed by atoms with van der Waals surface area (Å²) in [7, 11) is -2.17. The molecular weight excluding hydrogens is 553 g/mol. The topological polar surface area (TPSA) is 323 Å². The molecule has 3 fully saturated rings. The van der Waals surface area contributed by atoms with E-state index in [0.29, 0.717) is 17.1 Å². The summed E-state index contributed by atoms with van der Waals surface area (Å²) in [5, 5.41) is 51.2. The fourth-order valence-corrected chi connectivity index (χ4v) is 2.28. The number of aliphatic carboxylic acids is 4. The minimum atomic E-state index is -2.17. The summed E-state index contributed by atoms with van der Waals surface area (Å²) in [4.78, 5) is 66.5. The van der Waals surface area contributed by atoms with Gasteiger partial charge in [0, 0.05) is 73.0 Å². The number of nitrogens with zero attached hydrogens (tertiary/aromatic N) is 3. The Bertz CT molecular complexity index is 862. The molecule has 41 heavy (non-hydrogen) atoms. The van der Waals surface area contributed by atoms with Gasteiger partial charge in [-0.3, -0.25) is 28.8 Å². The molecule has 19 heteroatoms. The molecule has 1 aliphatic carbocycles. The molecule has 4 rings (SSSR count). The zero-order chi connectivity index (χ0) is 31.5. The van der Waals surface area contributed by atoms with Crippen LogP contribution in [0.25, 0.3) is 0 Å². The molecule has 0 saturated carbocycles. The highest BCUT2D eigenvalue weighted by Crippen LogP contribution is 2.33. The van der Waals surface area contributed by atoms with Gasteiger partial charge in [-0.2, -0.15) is 0 Å². The number of carboxylic acids is 4. The van der Waals surface area contributed by atoms with Crippen molar-refractivity contribution in [3.63, 3.8) is 0 Å². The monoisotopic (exact) mass is 595 g/mol. The van der Waals surface area contributed by atoms with Gasteiger partial charge in [-0.05, 0) is 0 Å². The Morgan fingerprint density at radius 2 is 0.854 bits per heavy atom. The van der Waals surface area contributed by atoms with Crippen LogP contribution in [-0.4, -0.2) is 132 Å². The van der Waals surface area contributed by atoms with Crippen LogP contribution >= 0.6 is 0 Å². The summed E-state index contributed by atoms with van der Waals surface area (Å²) in [5.74, 6) is -3.28. The van der Waals surface area contributed by atoms with Crippen LogP contribution in [0, 0.1) is 0 Å². The first kappa shape index (κ1) is 46.6. The predicted molar refractivity (Wildman–Crippen MR) is 147 cm³/mol. The van der Waals surface area contributed by atoms with Crippen molar-refractivity contribution in [2.75, 3.05) is 39.3 Å². The van der Waals surface area contributed by atoms with Gasteiger partial charge in [-0.1, -0.05) is 0 Å². The molecule has 0 amide bonds. The number of Topliss-reactive ketones (excluding diaryl/α,β-unsaturated/α-hetero) is 1. The first-order valence-corrected chi connectivity index (χ1v) is 11.0. The summed E-state index contributed by atoms with van der Waals surface area (Å²) in [6.45, 7) is 15.7. The maximum absolute atomic E-state index is 12.4. The summed E-state index contributed by atoms with van der Waals surface area (Å²) in [6.07, 6.45) is 1.52. The van der Waals surface area contributed by atoms with Crippen molar-refractivity contribution in [2.24, 2.45) is 0 Å². The fraction of sp³-hybridized carbons (Fsp3) is 0.455. The lowest BCUT2D eigenvalue weighted by molar-refractivity contribution is -0.135. The van der Waals surface area contributed by atoms with Gasteiger partial charge < -0.3 is 62.5 Å². The van der Waals surface area contributed by atoms with Crippen LogP contribution in [0.15, 0.2) is 36.3 Å². The molecule has 236 valence electrons. The van der Waals surface area contributed by atoms with Gasteiger partial charge in [0.05, 0.1) is 5.70 Å². The first-order valence-electron chi connectivity index (χ1n) is 11.0. The largest absolute Gasteiger partial charge is 0.631 e. The molecule has 0 radical (unpaired) electrons. The molecule has 18 nitrogen and oxygen atoms in total. The molecule has 0 spiro atoms. The number of carbonyl (C=O) groups excluding carboxylic acids is 2. The van der Waals surface area contributed by atoms with Crippen molar-refractivity contribution >= 4 is 42.8 Å². The molecule has 0 aromatic rings. The predicted octanol–water partition coefficient (Wildman–Crippen LogP) is -1.38. The van der Waals surface area contributed by atoms with E-state index in [1.807, 2.05) is 14.7 Å². The lowest BCUT2D eigenvalue weighted by atomic mass is 10.0. The summed E-state index contributed by atoms with van der Waals surface area (Å²) in [5.41, 5.74) is 1.89. The third kappa shape index (κ3) is 30.1. The second kappa shape index (κ2) is 24.7. The molecule has 13 N–H and O–H groups in total. The van der Waals surface area contributed by atoms with E-state index < -0.39 is 31.2 Å². The Balaban J connectivity index is -0.000000152. The number of carboxylic acid groups (broad SMARTS) is 4. The van der Waals surface area contributed by atoms with Crippen molar-refractivity contribution in [3.05, 3.63) is 36.3 Å². The Kier molecular flexibility index (Phi) is 28.1. The quantitative estimate of drug-likeness (QED) is 0.0785. The zero-order valence-corrected chi connectivity index (χ0v) is 23.6. The highest BCUT2D eigenvalue weighted by atomic mass is 16.5. The smallest absolute Gasteiger partial charge is 0.481 e. The number of carbonyl (C=O) groups is 6.